The maximum Gasteiger partial charge on any atom is 0.191 e. The molecule has 136 valence electrons. The van der Waals surface area contributed by atoms with E-state index in [1.165, 1.54) is 32.1 Å². The third kappa shape index (κ3) is 6.63. The quantitative estimate of drug-likeness (QED) is 0.412. The van der Waals surface area contributed by atoms with Crippen molar-refractivity contribution in [2.45, 2.75) is 63.5 Å². The average Bonchev–Trinajstić information content (AvgIpc) is 3.10. The van der Waals surface area contributed by atoms with Crippen LogP contribution in [0, 0.1) is 0 Å². The van der Waals surface area contributed by atoms with E-state index in [9.17, 15) is 0 Å². The molecule has 1 aliphatic heterocycles. The highest BCUT2D eigenvalue weighted by molar-refractivity contribution is 14.0. The van der Waals surface area contributed by atoms with Gasteiger partial charge in [-0.15, -0.1) is 24.0 Å². The topological polar surface area (TPSA) is 58.8 Å². The summed E-state index contributed by atoms with van der Waals surface area (Å²) in [6.07, 6.45) is 11.2. The minimum absolute atomic E-state index is 0. The fourth-order valence-electron chi connectivity index (χ4n) is 3.34. The first-order valence-electron chi connectivity index (χ1n) is 9.08. The number of furan rings is 1. The molecule has 2 aliphatic rings. The van der Waals surface area contributed by atoms with Gasteiger partial charge in [-0.1, -0.05) is 19.3 Å². The normalized spacial score (nSPS) is 20.4. The Balaban J connectivity index is 0.00000208. The monoisotopic (exact) mass is 447 g/mol. The van der Waals surface area contributed by atoms with Crippen LogP contribution in [0.4, 0.5) is 0 Å². The second-order valence-corrected chi connectivity index (χ2v) is 6.57. The number of nitrogens with one attached hydrogen (secondary N) is 2. The van der Waals surface area contributed by atoms with Gasteiger partial charge in [0.25, 0.3) is 0 Å². The predicted octanol–water partition coefficient (Wildman–Crippen LogP) is 3.49. The molecule has 2 fully saturated rings. The van der Waals surface area contributed by atoms with Gasteiger partial charge in [-0.2, -0.15) is 0 Å². The summed E-state index contributed by atoms with van der Waals surface area (Å²) in [7, 11) is 0. The molecule has 1 aromatic rings. The SMILES string of the molecule is I.c1coc(CCN=C(NC2CCCCC2)NC2CCOCC2)c1. The van der Waals surface area contributed by atoms with Crippen LogP contribution in [0.25, 0.3) is 0 Å². The summed E-state index contributed by atoms with van der Waals surface area (Å²) in [5.74, 6) is 1.96. The minimum Gasteiger partial charge on any atom is -0.469 e. The zero-order valence-corrected chi connectivity index (χ0v) is 16.7. The molecular weight excluding hydrogens is 417 g/mol. The van der Waals surface area contributed by atoms with Gasteiger partial charge in [-0.05, 0) is 37.8 Å². The van der Waals surface area contributed by atoms with E-state index < -0.39 is 0 Å². The fourth-order valence-corrected chi connectivity index (χ4v) is 3.34. The van der Waals surface area contributed by atoms with Crippen LogP contribution in [0.3, 0.4) is 0 Å². The van der Waals surface area contributed by atoms with Crippen molar-refractivity contribution in [3.05, 3.63) is 24.2 Å². The first-order valence-corrected chi connectivity index (χ1v) is 9.08. The van der Waals surface area contributed by atoms with Crippen LogP contribution in [-0.4, -0.2) is 37.8 Å². The van der Waals surface area contributed by atoms with E-state index in [0.29, 0.717) is 12.1 Å². The molecule has 0 radical (unpaired) electrons. The van der Waals surface area contributed by atoms with E-state index in [2.05, 4.69) is 10.6 Å². The van der Waals surface area contributed by atoms with Crippen molar-refractivity contribution in [2.24, 2.45) is 4.99 Å². The van der Waals surface area contributed by atoms with Crippen LogP contribution in [0.2, 0.25) is 0 Å². The van der Waals surface area contributed by atoms with E-state index in [4.69, 9.17) is 14.1 Å². The minimum atomic E-state index is 0. The molecule has 0 unspecified atom stereocenters. The average molecular weight is 447 g/mol. The highest BCUT2D eigenvalue weighted by Gasteiger charge is 2.18. The van der Waals surface area contributed by atoms with Crippen LogP contribution in [0.5, 0.6) is 0 Å². The van der Waals surface area contributed by atoms with Gasteiger partial charge in [0.05, 0.1) is 6.26 Å². The van der Waals surface area contributed by atoms with E-state index in [-0.39, 0.29) is 24.0 Å². The van der Waals surface area contributed by atoms with Crippen LogP contribution in [0.15, 0.2) is 27.8 Å². The summed E-state index contributed by atoms with van der Waals surface area (Å²) in [5, 5.41) is 7.26. The van der Waals surface area contributed by atoms with E-state index in [1.807, 2.05) is 12.1 Å². The Bertz CT molecular complexity index is 445. The maximum absolute atomic E-state index is 5.45. The molecule has 0 amide bonds. The molecule has 6 heteroatoms. The molecule has 5 nitrogen and oxygen atoms in total. The molecule has 2 N–H and O–H groups in total. The van der Waals surface area contributed by atoms with Crippen molar-refractivity contribution in [2.75, 3.05) is 19.8 Å². The number of hydrogen-bond acceptors (Lipinski definition) is 3. The molecule has 3 rings (SSSR count). The lowest BCUT2D eigenvalue weighted by atomic mass is 9.96. The standard InChI is InChI=1S/C18H29N3O2.HI/c1-2-5-15(6-3-1)20-18(21-16-9-13-22-14-10-16)19-11-8-17-7-4-12-23-17;/h4,7,12,15-16H,1-3,5-6,8-11,13-14H2,(H2,19,20,21);1H. The zero-order chi connectivity index (χ0) is 15.7. The number of guanidine groups is 1. The Morgan fingerprint density at radius 2 is 1.75 bits per heavy atom. The zero-order valence-electron chi connectivity index (χ0n) is 14.3. The van der Waals surface area contributed by atoms with Crippen LogP contribution in [-0.2, 0) is 11.2 Å². The lowest BCUT2D eigenvalue weighted by Crippen LogP contribution is -2.49. The Kier molecular flexibility index (Phi) is 8.94. The fraction of sp³-hybridized carbons (Fsp3) is 0.722. The van der Waals surface area contributed by atoms with Gasteiger partial charge < -0.3 is 19.8 Å². The van der Waals surface area contributed by atoms with Crippen molar-refractivity contribution in [1.29, 1.82) is 0 Å². The summed E-state index contributed by atoms with van der Waals surface area (Å²) in [6, 6.07) is 4.98. The van der Waals surface area contributed by atoms with E-state index in [1.54, 1.807) is 6.26 Å². The number of nitrogens with zero attached hydrogens (tertiary/aromatic N) is 1. The van der Waals surface area contributed by atoms with Crippen LogP contribution < -0.4 is 10.6 Å². The van der Waals surface area contributed by atoms with Gasteiger partial charge in [0.1, 0.15) is 5.76 Å². The molecule has 2 heterocycles. The van der Waals surface area contributed by atoms with Gasteiger partial charge in [-0.25, -0.2) is 0 Å². The summed E-state index contributed by atoms with van der Waals surface area (Å²) in [4.78, 5) is 4.78. The van der Waals surface area contributed by atoms with Gasteiger partial charge in [-0.3, -0.25) is 4.99 Å². The van der Waals surface area contributed by atoms with Crippen molar-refractivity contribution in [1.82, 2.24) is 10.6 Å². The largest absolute Gasteiger partial charge is 0.469 e. The number of halogens is 1. The Labute approximate surface area is 162 Å². The van der Waals surface area contributed by atoms with Crippen molar-refractivity contribution >= 4 is 29.9 Å². The molecule has 0 atom stereocenters. The number of ether oxygens (including phenoxy) is 1. The highest BCUT2D eigenvalue weighted by atomic mass is 127. The van der Waals surface area contributed by atoms with Gasteiger partial charge >= 0.3 is 0 Å². The van der Waals surface area contributed by atoms with Gasteiger partial charge in [0, 0.05) is 38.3 Å². The van der Waals surface area contributed by atoms with E-state index in [0.717, 1.165) is 50.7 Å². The highest BCUT2D eigenvalue weighted by Crippen LogP contribution is 2.17. The molecule has 0 aromatic carbocycles. The molecule has 1 aliphatic carbocycles. The number of rotatable bonds is 5. The molecule has 1 aromatic heterocycles. The maximum atomic E-state index is 5.45. The van der Waals surface area contributed by atoms with Crippen molar-refractivity contribution < 1.29 is 9.15 Å². The first kappa shape index (κ1) is 19.6. The second kappa shape index (κ2) is 11.0. The number of hydrogen-bond donors (Lipinski definition) is 2. The molecule has 1 saturated heterocycles. The van der Waals surface area contributed by atoms with Gasteiger partial charge in [0.2, 0.25) is 0 Å². The number of aliphatic imine (C=N–C) groups is 1. The first-order chi connectivity index (χ1) is 11.4. The lowest BCUT2D eigenvalue weighted by molar-refractivity contribution is 0.0821. The Morgan fingerprint density at radius 1 is 1.04 bits per heavy atom. The van der Waals surface area contributed by atoms with Crippen molar-refractivity contribution in [3.63, 3.8) is 0 Å². The second-order valence-electron chi connectivity index (χ2n) is 6.57. The summed E-state index contributed by atoms with van der Waals surface area (Å²) in [6.45, 7) is 2.44. The van der Waals surface area contributed by atoms with Gasteiger partial charge in [0.15, 0.2) is 5.96 Å². The molecule has 1 saturated carbocycles. The van der Waals surface area contributed by atoms with E-state index >= 15 is 0 Å². The van der Waals surface area contributed by atoms with Crippen molar-refractivity contribution in [3.8, 4) is 0 Å². The third-order valence-electron chi connectivity index (χ3n) is 4.72. The molecule has 0 bridgehead atoms. The molecule has 24 heavy (non-hydrogen) atoms. The Morgan fingerprint density at radius 3 is 2.42 bits per heavy atom. The summed E-state index contributed by atoms with van der Waals surface area (Å²) < 4.78 is 10.8. The lowest BCUT2D eigenvalue weighted by Gasteiger charge is -2.29. The Hall–Kier alpha value is -0.760. The van der Waals surface area contributed by atoms with Crippen LogP contribution in [0.1, 0.15) is 50.7 Å². The molecular formula is C18H30IN3O2. The smallest absolute Gasteiger partial charge is 0.191 e. The van der Waals surface area contributed by atoms with Crippen LogP contribution >= 0.6 is 24.0 Å². The predicted molar refractivity (Wildman–Crippen MR) is 107 cm³/mol. The third-order valence-corrected chi connectivity index (χ3v) is 4.72. The summed E-state index contributed by atoms with van der Waals surface area (Å²) >= 11 is 0. The molecule has 0 spiro atoms. The summed E-state index contributed by atoms with van der Waals surface area (Å²) in [5.41, 5.74) is 0.